The zero-order chi connectivity index (χ0) is 4.28. The van der Waals surface area contributed by atoms with Gasteiger partial charge in [0.1, 0.15) is 0 Å². The van der Waals surface area contributed by atoms with E-state index in [0.717, 1.165) is 0 Å². The summed E-state index contributed by atoms with van der Waals surface area (Å²) in [5.41, 5.74) is 0. The molecule has 0 bridgehead atoms. The number of carboxylic acid groups (broad SMARTS) is 1. The lowest BCUT2D eigenvalue weighted by Gasteiger charge is -1.59. The van der Waals surface area contributed by atoms with Crippen molar-refractivity contribution in [3.8, 4) is 5.92 Å². The summed E-state index contributed by atoms with van der Waals surface area (Å²) in [7, 11) is 0. The van der Waals surface area contributed by atoms with Crippen molar-refractivity contribution in [3.05, 3.63) is 6.42 Å². The average molecular weight is 69.0 g/mol. The van der Waals surface area contributed by atoms with Gasteiger partial charge >= 0.3 is 5.97 Å². The van der Waals surface area contributed by atoms with Crippen molar-refractivity contribution in [2.45, 2.75) is 0 Å². The normalized spacial score (nSPS) is 5.40. The molecule has 1 radical (unpaired) electrons. The van der Waals surface area contributed by atoms with E-state index in [-0.39, 0.29) is 0 Å². The molecule has 0 aromatic carbocycles. The Morgan fingerprint density at radius 3 is 2.20 bits per heavy atom. The first kappa shape index (κ1) is 4.03. The predicted molar refractivity (Wildman–Crippen MR) is 14.8 cm³/mol. The molecule has 0 aliphatic heterocycles. The minimum atomic E-state index is -1.33. The van der Waals surface area contributed by atoms with Gasteiger partial charge in [0.05, 0.1) is 0 Å². The van der Waals surface area contributed by atoms with Crippen LogP contribution < -0.4 is 0 Å². The summed E-state index contributed by atoms with van der Waals surface area (Å²) in [4.78, 5) is 9.07. The van der Waals surface area contributed by atoms with E-state index in [4.69, 9.17) is 16.3 Å². The minimum absolute atomic E-state index is 1.19. The van der Waals surface area contributed by atoms with Crippen LogP contribution in [0.5, 0.6) is 0 Å². The molecule has 0 spiro atoms. The van der Waals surface area contributed by atoms with Crippen LogP contribution in [-0.4, -0.2) is 11.1 Å². The van der Waals surface area contributed by atoms with Gasteiger partial charge < -0.3 is 5.11 Å². The van der Waals surface area contributed by atoms with Crippen LogP contribution in [-0.2, 0) is 4.79 Å². The van der Waals surface area contributed by atoms with E-state index in [1.807, 2.05) is 0 Å². The van der Waals surface area contributed by atoms with Crippen LogP contribution in [0.4, 0.5) is 0 Å². The van der Waals surface area contributed by atoms with Crippen molar-refractivity contribution < 1.29 is 9.90 Å². The summed E-state index contributed by atoms with van der Waals surface area (Å²) in [6.07, 6.45) is 5.81. The number of rotatable bonds is 0. The van der Waals surface area contributed by atoms with Crippen molar-refractivity contribution in [3.63, 3.8) is 0 Å². The summed E-state index contributed by atoms with van der Waals surface area (Å²) >= 11 is 0. The van der Waals surface area contributed by atoms with Gasteiger partial charge in [0, 0.05) is 5.92 Å². The summed E-state index contributed by atoms with van der Waals surface area (Å²) in [5.74, 6) is -0.134. The fourth-order valence-corrected chi connectivity index (χ4v) is 0. The highest BCUT2D eigenvalue weighted by Gasteiger charge is 1.74. The van der Waals surface area contributed by atoms with Gasteiger partial charge in [-0.2, -0.15) is 0 Å². The molecule has 0 saturated heterocycles. The molecule has 0 aliphatic carbocycles. The smallest absolute Gasteiger partial charge is 0.382 e. The summed E-state index contributed by atoms with van der Waals surface area (Å²) in [6, 6.07) is 0. The molecule has 0 saturated carbocycles. The molecular weight excluding hydrogens is 68.0 g/mol. The Bertz CT molecular complexity index is 77.4. The molecule has 0 aromatic heterocycles. The van der Waals surface area contributed by atoms with Crippen molar-refractivity contribution in [1.82, 2.24) is 0 Å². The molecule has 2 nitrogen and oxygen atoms in total. The third-order valence-corrected chi connectivity index (χ3v) is 0.107. The van der Waals surface area contributed by atoms with Crippen molar-refractivity contribution >= 4 is 5.97 Å². The van der Waals surface area contributed by atoms with Crippen molar-refractivity contribution in [1.29, 1.82) is 0 Å². The number of carbonyl (C=O) groups is 1. The highest BCUT2D eigenvalue weighted by Crippen LogP contribution is 1.45. The van der Waals surface area contributed by atoms with Gasteiger partial charge in [-0.05, 0) is 6.42 Å². The maximum atomic E-state index is 9.07. The molecule has 0 atom stereocenters. The Labute approximate surface area is 29.4 Å². The second kappa shape index (κ2) is 1.36. The van der Waals surface area contributed by atoms with Gasteiger partial charge in [-0.25, -0.2) is 4.79 Å². The Balaban J connectivity index is 3.35. The minimum Gasteiger partial charge on any atom is -0.472 e. The largest absolute Gasteiger partial charge is 0.472 e. The van der Waals surface area contributed by atoms with E-state index in [2.05, 4.69) is 0 Å². The molecule has 5 heavy (non-hydrogen) atoms. The zero-order valence-electron chi connectivity index (χ0n) is 2.36. The van der Waals surface area contributed by atoms with Crippen LogP contribution in [0.25, 0.3) is 0 Å². The number of aliphatic carboxylic acids is 1. The van der Waals surface area contributed by atoms with Gasteiger partial charge in [0.2, 0.25) is 0 Å². The van der Waals surface area contributed by atoms with Gasteiger partial charge in [-0.1, -0.05) is 0 Å². The molecule has 0 rings (SSSR count). The standard InChI is InChI=1S/C3HO2/c1-2-3(4)5/h(H,4,5). The van der Waals surface area contributed by atoms with E-state index in [1.165, 1.54) is 5.92 Å². The van der Waals surface area contributed by atoms with Crippen LogP contribution in [0.1, 0.15) is 0 Å². The van der Waals surface area contributed by atoms with Gasteiger partial charge in [0.25, 0.3) is 0 Å². The third kappa shape index (κ3) is 3.03. The second-order valence-electron chi connectivity index (χ2n) is 0.430. The summed E-state index contributed by atoms with van der Waals surface area (Å²) < 4.78 is 0. The molecule has 1 N–H and O–H groups in total. The van der Waals surface area contributed by atoms with Crippen LogP contribution in [0, 0.1) is 12.3 Å². The fraction of sp³-hybridized carbons (Fsp3) is 0. The van der Waals surface area contributed by atoms with Crippen molar-refractivity contribution in [2.75, 3.05) is 0 Å². The van der Waals surface area contributed by atoms with Crippen LogP contribution in [0.15, 0.2) is 0 Å². The maximum absolute atomic E-state index is 9.07. The Morgan fingerprint density at radius 2 is 2.20 bits per heavy atom. The number of hydrogen-bond acceptors (Lipinski definition) is 1. The molecule has 2 heteroatoms. The van der Waals surface area contributed by atoms with E-state index in [9.17, 15) is 0 Å². The van der Waals surface area contributed by atoms with Gasteiger partial charge in [-0.15, -0.1) is 0 Å². The average Bonchev–Trinajstić information content (AvgIpc) is 1.38. The molecule has 0 fully saturated rings. The lowest BCUT2D eigenvalue weighted by Crippen LogP contribution is -1.83. The fourth-order valence-electron chi connectivity index (χ4n) is 0. The molecule has 0 aromatic rings. The van der Waals surface area contributed by atoms with Gasteiger partial charge in [-0.3, -0.25) is 0 Å². The monoisotopic (exact) mass is 69.0 g/mol. The predicted octanol–water partition coefficient (Wildman–Crippen LogP) is -0.339. The SMILES string of the molecule is [C]#CC(=O)O. The molecular formula is C3HO2. The van der Waals surface area contributed by atoms with Gasteiger partial charge in [0.15, 0.2) is 0 Å². The Morgan fingerprint density at radius 1 is 2.00 bits per heavy atom. The number of carboxylic acids is 1. The second-order valence-corrected chi connectivity index (χ2v) is 0.430. The van der Waals surface area contributed by atoms with E-state index >= 15 is 0 Å². The first-order chi connectivity index (χ1) is 2.27. The lowest BCUT2D eigenvalue weighted by atomic mass is 10.7. The van der Waals surface area contributed by atoms with Crippen LogP contribution >= 0.6 is 0 Å². The first-order valence-corrected chi connectivity index (χ1v) is 0.928. The third-order valence-electron chi connectivity index (χ3n) is 0.107. The molecule has 25 valence electrons. The molecule has 0 aliphatic rings. The molecule has 0 unspecified atom stereocenters. The van der Waals surface area contributed by atoms with Crippen LogP contribution in [0.2, 0.25) is 0 Å². The highest BCUT2D eigenvalue weighted by atomic mass is 16.4. The number of hydrogen-bond donors (Lipinski definition) is 1. The first-order valence-electron chi connectivity index (χ1n) is 0.928. The van der Waals surface area contributed by atoms with E-state index in [1.54, 1.807) is 0 Å². The quantitative estimate of drug-likeness (QED) is 0.395. The Kier molecular flexibility index (Phi) is 1.10. The topological polar surface area (TPSA) is 37.3 Å². The van der Waals surface area contributed by atoms with E-state index in [0.29, 0.717) is 0 Å². The highest BCUT2D eigenvalue weighted by molar-refractivity contribution is 5.84. The summed E-state index contributed by atoms with van der Waals surface area (Å²) in [6.45, 7) is 0. The summed E-state index contributed by atoms with van der Waals surface area (Å²) in [5, 5.41) is 7.42. The Hall–Kier alpha value is -0.970. The molecule has 0 amide bonds. The zero-order valence-corrected chi connectivity index (χ0v) is 2.36. The van der Waals surface area contributed by atoms with Crippen molar-refractivity contribution in [2.24, 2.45) is 0 Å². The lowest BCUT2D eigenvalue weighted by molar-refractivity contribution is -0.130. The van der Waals surface area contributed by atoms with E-state index < -0.39 is 5.97 Å². The maximum Gasteiger partial charge on any atom is 0.382 e. The van der Waals surface area contributed by atoms with Crippen LogP contribution in [0.3, 0.4) is 0 Å². The molecule has 0 heterocycles.